The monoisotopic (exact) mass is 262 g/mol. The van der Waals surface area contributed by atoms with Gasteiger partial charge in [-0.1, -0.05) is 23.7 Å². The minimum absolute atomic E-state index is 0.343. The highest BCUT2D eigenvalue weighted by Gasteiger charge is 2.13. The Morgan fingerprint density at radius 2 is 2.00 bits per heavy atom. The Kier molecular flexibility index (Phi) is 2.41. The molecular formula is C12H8ClFN4. The van der Waals surface area contributed by atoms with Crippen molar-refractivity contribution in [2.45, 2.75) is 0 Å². The molecule has 18 heavy (non-hydrogen) atoms. The van der Waals surface area contributed by atoms with Crippen molar-refractivity contribution in [1.82, 2.24) is 14.6 Å². The van der Waals surface area contributed by atoms with Crippen LogP contribution in [0.15, 0.2) is 36.4 Å². The zero-order valence-corrected chi connectivity index (χ0v) is 9.89. The van der Waals surface area contributed by atoms with Crippen LogP contribution in [0.1, 0.15) is 0 Å². The van der Waals surface area contributed by atoms with Crippen LogP contribution in [0.4, 0.5) is 10.1 Å². The van der Waals surface area contributed by atoms with Crippen LogP contribution in [0.3, 0.4) is 0 Å². The molecule has 90 valence electrons. The van der Waals surface area contributed by atoms with Gasteiger partial charge in [-0.05, 0) is 24.3 Å². The summed E-state index contributed by atoms with van der Waals surface area (Å²) in [5.41, 5.74) is 7.31. The number of hydrogen-bond donors (Lipinski definition) is 1. The number of benzene rings is 1. The standard InChI is InChI=1S/C12H8ClFN4/c13-10-5-4-9(15)12-17-16-11(18(10)12)7-2-1-3-8(14)6-7/h1-6H,15H2. The van der Waals surface area contributed by atoms with Crippen molar-refractivity contribution >= 4 is 22.9 Å². The molecule has 3 rings (SSSR count). The average molecular weight is 263 g/mol. The molecule has 0 radical (unpaired) electrons. The normalized spacial score (nSPS) is 11.0. The van der Waals surface area contributed by atoms with Gasteiger partial charge in [-0.2, -0.15) is 0 Å². The predicted molar refractivity (Wildman–Crippen MR) is 67.8 cm³/mol. The number of rotatable bonds is 1. The van der Waals surface area contributed by atoms with E-state index in [0.717, 1.165) is 0 Å². The van der Waals surface area contributed by atoms with Gasteiger partial charge < -0.3 is 5.73 Å². The molecule has 2 N–H and O–H groups in total. The third kappa shape index (κ3) is 1.60. The molecule has 0 bridgehead atoms. The molecule has 4 nitrogen and oxygen atoms in total. The average Bonchev–Trinajstić information content (AvgIpc) is 2.80. The van der Waals surface area contributed by atoms with Crippen LogP contribution < -0.4 is 5.73 Å². The Balaban J connectivity index is 2.34. The maximum absolute atomic E-state index is 13.2. The number of fused-ring (bicyclic) bond motifs is 1. The fraction of sp³-hybridized carbons (Fsp3) is 0. The first kappa shape index (κ1) is 11.0. The number of anilines is 1. The highest BCUT2D eigenvalue weighted by molar-refractivity contribution is 6.30. The minimum atomic E-state index is -0.343. The number of hydrogen-bond acceptors (Lipinski definition) is 3. The van der Waals surface area contributed by atoms with Crippen LogP contribution in [0.25, 0.3) is 17.0 Å². The van der Waals surface area contributed by atoms with Crippen LogP contribution >= 0.6 is 11.6 Å². The van der Waals surface area contributed by atoms with Gasteiger partial charge in [0.05, 0.1) is 5.69 Å². The molecular weight excluding hydrogens is 255 g/mol. The van der Waals surface area contributed by atoms with E-state index in [-0.39, 0.29) is 5.82 Å². The molecule has 0 saturated carbocycles. The summed E-state index contributed by atoms with van der Waals surface area (Å²) in [6.45, 7) is 0. The maximum atomic E-state index is 13.2. The van der Waals surface area contributed by atoms with E-state index in [1.54, 1.807) is 28.7 Å². The largest absolute Gasteiger partial charge is 0.396 e. The van der Waals surface area contributed by atoms with E-state index in [2.05, 4.69) is 10.2 Å². The number of nitrogens with zero attached hydrogens (tertiary/aromatic N) is 3. The van der Waals surface area contributed by atoms with Crippen molar-refractivity contribution in [2.24, 2.45) is 0 Å². The molecule has 1 aromatic carbocycles. The van der Waals surface area contributed by atoms with Crippen LogP contribution in [0.2, 0.25) is 5.15 Å². The lowest BCUT2D eigenvalue weighted by atomic mass is 10.2. The van der Waals surface area contributed by atoms with Crippen LogP contribution in [-0.4, -0.2) is 14.6 Å². The lowest BCUT2D eigenvalue weighted by Crippen LogP contribution is -1.95. The summed E-state index contributed by atoms with van der Waals surface area (Å²) in [6.07, 6.45) is 0. The Hall–Kier alpha value is -2.14. The summed E-state index contributed by atoms with van der Waals surface area (Å²) in [5.74, 6) is 0.117. The fourth-order valence-corrected chi connectivity index (χ4v) is 2.02. The van der Waals surface area contributed by atoms with Crippen LogP contribution in [0, 0.1) is 5.82 Å². The SMILES string of the molecule is Nc1ccc(Cl)n2c(-c3cccc(F)c3)nnc12. The molecule has 0 saturated heterocycles. The van der Waals surface area contributed by atoms with Gasteiger partial charge in [0.25, 0.3) is 0 Å². The van der Waals surface area contributed by atoms with Gasteiger partial charge in [0.2, 0.25) is 0 Å². The molecule has 0 amide bonds. The molecule has 6 heteroatoms. The topological polar surface area (TPSA) is 56.2 Å². The van der Waals surface area contributed by atoms with Crippen LogP contribution in [-0.2, 0) is 0 Å². The molecule has 0 spiro atoms. The first-order valence-electron chi connectivity index (χ1n) is 5.22. The number of nitrogens with two attached hydrogens (primary N) is 1. The van der Waals surface area contributed by atoms with Crippen molar-refractivity contribution in [1.29, 1.82) is 0 Å². The van der Waals surface area contributed by atoms with Crippen molar-refractivity contribution in [3.05, 3.63) is 47.4 Å². The van der Waals surface area contributed by atoms with E-state index in [4.69, 9.17) is 17.3 Å². The second-order valence-electron chi connectivity index (χ2n) is 3.80. The molecule has 0 atom stereocenters. The number of nitrogen functional groups attached to an aromatic ring is 1. The zero-order chi connectivity index (χ0) is 12.7. The number of halogens is 2. The van der Waals surface area contributed by atoms with Gasteiger partial charge in [-0.3, -0.25) is 4.40 Å². The first-order chi connectivity index (χ1) is 8.66. The Morgan fingerprint density at radius 3 is 2.78 bits per heavy atom. The third-order valence-electron chi connectivity index (χ3n) is 2.62. The summed E-state index contributed by atoms with van der Waals surface area (Å²) >= 11 is 6.10. The molecule has 0 aliphatic heterocycles. The highest BCUT2D eigenvalue weighted by atomic mass is 35.5. The van der Waals surface area contributed by atoms with Gasteiger partial charge in [0.15, 0.2) is 11.5 Å². The van der Waals surface area contributed by atoms with Crippen molar-refractivity contribution in [3.63, 3.8) is 0 Å². The smallest absolute Gasteiger partial charge is 0.185 e. The molecule has 2 heterocycles. The van der Waals surface area contributed by atoms with Gasteiger partial charge in [0.1, 0.15) is 11.0 Å². The highest BCUT2D eigenvalue weighted by Crippen LogP contribution is 2.25. The Bertz CT molecular complexity index is 738. The Morgan fingerprint density at radius 1 is 1.17 bits per heavy atom. The van der Waals surface area contributed by atoms with Gasteiger partial charge in [-0.15, -0.1) is 10.2 Å². The second-order valence-corrected chi connectivity index (χ2v) is 4.19. The lowest BCUT2D eigenvalue weighted by molar-refractivity contribution is 0.628. The predicted octanol–water partition coefficient (Wildman–Crippen LogP) is 2.77. The van der Waals surface area contributed by atoms with Crippen molar-refractivity contribution in [2.75, 3.05) is 5.73 Å². The molecule has 0 fully saturated rings. The zero-order valence-electron chi connectivity index (χ0n) is 9.14. The molecule has 3 aromatic rings. The van der Waals surface area contributed by atoms with Gasteiger partial charge >= 0.3 is 0 Å². The number of pyridine rings is 1. The van der Waals surface area contributed by atoms with Gasteiger partial charge in [-0.25, -0.2) is 4.39 Å². The van der Waals surface area contributed by atoms with E-state index >= 15 is 0 Å². The molecule has 0 unspecified atom stereocenters. The summed E-state index contributed by atoms with van der Waals surface area (Å²) in [6, 6.07) is 9.38. The molecule has 2 aromatic heterocycles. The van der Waals surface area contributed by atoms with E-state index in [1.165, 1.54) is 12.1 Å². The summed E-state index contributed by atoms with van der Waals surface area (Å²) in [4.78, 5) is 0. The fourth-order valence-electron chi connectivity index (χ4n) is 1.80. The van der Waals surface area contributed by atoms with E-state index in [1.807, 2.05) is 0 Å². The quantitative estimate of drug-likeness (QED) is 0.686. The number of aromatic nitrogens is 3. The maximum Gasteiger partial charge on any atom is 0.185 e. The Labute approximate surface area is 107 Å². The van der Waals surface area contributed by atoms with E-state index in [0.29, 0.717) is 27.9 Å². The second kappa shape index (κ2) is 3.96. The minimum Gasteiger partial charge on any atom is -0.396 e. The third-order valence-corrected chi connectivity index (χ3v) is 2.91. The summed E-state index contributed by atoms with van der Waals surface area (Å²) < 4.78 is 14.8. The van der Waals surface area contributed by atoms with Crippen LogP contribution in [0.5, 0.6) is 0 Å². The van der Waals surface area contributed by atoms with Crippen molar-refractivity contribution < 1.29 is 4.39 Å². The molecule has 0 aliphatic rings. The first-order valence-corrected chi connectivity index (χ1v) is 5.59. The summed E-state index contributed by atoms with van der Waals surface area (Å²) in [5, 5.41) is 8.40. The van der Waals surface area contributed by atoms with E-state index in [9.17, 15) is 4.39 Å². The lowest BCUT2D eigenvalue weighted by Gasteiger charge is -2.03. The van der Waals surface area contributed by atoms with Gasteiger partial charge in [0, 0.05) is 5.56 Å². The molecule has 0 aliphatic carbocycles. The van der Waals surface area contributed by atoms with Crippen molar-refractivity contribution in [3.8, 4) is 11.4 Å². The summed E-state index contributed by atoms with van der Waals surface area (Å²) in [7, 11) is 0. The van der Waals surface area contributed by atoms with E-state index < -0.39 is 0 Å².